The van der Waals surface area contributed by atoms with E-state index in [1.807, 2.05) is 0 Å². The Kier molecular flexibility index (Phi) is 2.08. The Morgan fingerprint density at radius 1 is 1.36 bits per heavy atom. The standard InChI is InChI=1S/C11H20N2O/c1-13-5-4-11(8-13)12-6-10(7-14-11)9-2-3-9/h9-10,12H,2-8H2,1H3. The lowest BCUT2D eigenvalue weighted by molar-refractivity contribution is -0.110. The van der Waals surface area contributed by atoms with Gasteiger partial charge in [-0.3, -0.25) is 5.32 Å². The summed E-state index contributed by atoms with van der Waals surface area (Å²) in [6.07, 6.45) is 4.02. The molecule has 0 bridgehead atoms. The number of nitrogens with zero attached hydrogens (tertiary/aromatic N) is 1. The molecule has 0 radical (unpaired) electrons. The number of likely N-dealkylation sites (N-methyl/N-ethyl adjacent to an activating group) is 1. The molecule has 2 aliphatic heterocycles. The van der Waals surface area contributed by atoms with E-state index in [1.54, 1.807) is 0 Å². The zero-order valence-electron chi connectivity index (χ0n) is 8.96. The first kappa shape index (κ1) is 9.13. The van der Waals surface area contributed by atoms with E-state index in [0.29, 0.717) is 0 Å². The molecular formula is C11H20N2O. The summed E-state index contributed by atoms with van der Waals surface area (Å²) in [5.74, 6) is 1.77. The Morgan fingerprint density at radius 2 is 2.21 bits per heavy atom. The summed E-state index contributed by atoms with van der Waals surface area (Å²) in [4.78, 5) is 2.35. The van der Waals surface area contributed by atoms with Gasteiger partial charge in [0.15, 0.2) is 0 Å². The molecule has 3 aliphatic rings. The first-order chi connectivity index (χ1) is 6.77. The van der Waals surface area contributed by atoms with Crippen molar-refractivity contribution in [1.29, 1.82) is 0 Å². The summed E-state index contributed by atoms with van der Waals surface area (Å²) in [7, 11) is 2.17. The van der Waals surface area contributed by atoms with Crippen molar-refractivity contribution in [3.05, 3.63) is 0 Å². The number of hydrogen-bond acceptors (Lipinski definition) is 3. The van der Waals surface area contributed by atoms with Gasteiger partial charge in [-0.2, -0.15) is 0 Å². The van der Waals surface area contributed by atoms with E-state index in [0.717, 1.165) is 31.4 Å². The van der Waals surface area contributed by atoms with Crippen LogP contribution >= 0.6 is 0 Å². The van der Waals surface area contributed by atoms with Gasteiger partial charge < -0.3 is 9.64 Å². The van der Waals surface area contributed by atoms with Crippen LogP contribution in [-0.4, -0.2) is 43.9 Å². The zero-order valence-corrected chi connectivity index (χ0v) is 8.96. The van der Waals surface area contributed by atoms with Gasteiger partial charge in [0.2, 0.25) is 0 Å². The molecule has 1 saturated carbocycles. The SMILES string of the molecule is CN1CCC2(C1)NCC(C1CC1)CO2. The lowest BCUT2D eigenvalue weighted by Gasteiger charge is -2.38. The second kappa shape index (κ2) is 3.19. The van der Waals surface area contributed by atoms with Gasteiger partial charge in [0.1, 0.15) is 5.72 Å². The fraction of sp³-hybridized carbons (Fsp3) is 1.00. The molecule has 0 aromatic heterocycles. The van der Waals surface area contributed by atoms with E-state index in [-0.39, 0.29) is 5.72 Å². The molecule has 14 heavy (non-hydrogen) atoms. The minimum Gasteiger partial charge on any atom is -0.359 e. The third kappa shape index (κ3) is 1.58. The molecule has 2 atom stereocenters. The Balaban J connectivity index is 1.58. The van der Waals surface area contributed by atoms with Crippen LogP contribution in [0.5, 0.6) is 0 Å². The van der Waals surface area contributed by atoms with Crippen molar-refractivity contribution in [3.8, 4) is 0 Å². The lowest BCUT2D eigenvalue weighted by atomic mass is 10.0. The highest BCUT2D eigenvalue weighted by atomic mass is 16.5. The van der Waals surface area contributed by atoms with Crippen LogP contribution in [0, 0.1) is 11.8 Å². The summed E-state index contributed by atoms with van der Waals surface area (Å²) in [5, 5.41) is 3.63. The molecule has 3 heteroatoms. The molecule has 80 valence electrons. The van der Waals surface area contributed by atoms with Crippen molar-refractivity contribution in [2.24, 2.45) is 11.8 Å². The van der Waals surface area contributed by atoms with E-state index in [4.69, 9.17) is 4.74 Å². The summed E-state index contributed by atoms with van der Waals surface area (Å²) in [5.41, 5.74) is 0.0140. The van der Waals surface area contributed by atoms with Crippen molar-refractivity contribution in [3.63, 3.8) is 0 Å². The summed E-state index contributed by atoms with van der Waals surface area (Å²) < 4.78 is 6.06. The van der Waals surface area contributed by atoms with Gasteiger partial charge in [-0.25, -0.2) is 0 Å². The molecule has 3 fully saturated rings. The maximum absolute atomic E-state index is 6.06. The summed E-state index contributed by atoms with van der Waals surface area (Å²) in [6.45, 7) is 4.40. The maximum atomic E-state index is 6.06. The first-order valence-electron chi connectivity index (χ1n) is 5.85. The van der Waals surface area contributed by atoms with Crippen LogP contribution in [0.2, 0.25) is 0 Å². The van der Waals surface area contributed by atoms with Crippen LogP contribution in [0.4, 0.5) is 0 Å². The fourth-order valence-electron chi connectivity index (χ4n) is 2.79. The predicted octanol–water partition coefficient (Wildman–Crippen LogP) is 0.664. The van der Waals surface area contributed by atoms with E-state index < -0.39 is 0 Å². The molecule has 1 N–H and O–H groups in total. The number of rotatable bonds is 1. The number of nitrogens with one attached hydrogen (secondary N) is 1. The van der Waals surface area contributed by atoms with Gasteiger partial charge in [0.05, 0.1) is 6.61 Å². The Morgan fingerprint density at radius 3 is 2.71 bits per heavy atom. The highest BCUT2D eigenvalue weighted by Gasteiger charge is 2.43. The van der Waals surface area contributed by atoms with E-state index >= 15 is 0 Å². The van der Waals surface area contributed by atoms with E-state index in [1.165, 1.54) is 25.9 Å². The molecule has 0 amide bonds. The number of hydrogen-bond donors (Lipinski definition) is 1. The zero-order chi connectivity index (χ0) is 9.60. The van der Waals surface area contributed by atoms with E-state index in [9.17, 15) is 0 Å². The first-order valence-corrected chi connectivity index (χ1v) is 5.85. The van der Waals surface area contributed by atoms with Crippen LogP contribution in [0.25, 0.3) is 0 Å². The largest absolute Gasteiger partial charge is 0.359 e. The monoisotopic (exact) mass is 196 g/mol. The molecule has 1 aliphatic carbocycles. The third-order valence-electron chi connectivity index (χ3n) is 3.97. The second-order valence-corrected chi connectivity index (χ2v) is 5.27. The Bertz CT molecular complexity index is 219. The van der Waals surface area contributed by atoms with Crippen LogP contribution in [0.15, 0.2) is 0 Å². The van der Waals surface area contributed by atoms with Crippen LogP contribution < -0.4 is 5.32 Å². The van der Waals surface area contributed by atoms with Gasteiger partial charge in [-0.15, -0.1) is 0 Å². The Labute approximate surface area is 85.8 Å². The average molecular weight is 196 g/mol. The van der Waals surface area contributed by atoms with Crippen LogP contribution in [-0.2, 0) is 4.74 Å². The number of ether oxygens (including phenoxy) is 1. The molecular weight excluding hydrogens is 176 g/mol. The molecule has 1 spiro atoms. The molecule has 0 aromatic rings. The molecule has 3 rings (SSSR count). The van der Waals surface area contributed by atoms with Crippen molar-refractivity contribution >= 4 is 0 Å². The third-order valence-corrected chi connectivity index (χ3v) is 3.97. The quantitative estimate of drug-likeness (QED) is 0.667. The topological polar surface area (TPSA) is 24.5 Å². The molecule has 2 saturated heterocycles. The smallest absolute Gasteiger partial charge is 0.133 e. The summed E-state index contributed by atoms with van der Waals surface area (Å²) in [6, 6.07) is 0. The average Bonchev–Trinajstić information content (AvgIpc) is 2.95. The van der Waals surface area contributed by atoms with Crippen LogP contribution in [0.1, 0.15) is 19.3 Å². The van der Waals surface area contributed by atoms with Gasteiger partial charge in [-0.1, -0.05) is 0 Å². The van der Waals surface area contributed by atoms with Gasteiger partial charge in [0, 0.05) is 26.1 Å². The lowest BCUT2D eigenvalue weighted by Crippen LogP contribution is -2.56. The highest BCUT2D eigenvalue weighted by molar-refractivity contribution is 4.94. The molecule has 2 heterocycles. The van der Waals surface area contributed by atoms with Crippen molar-refractivity contribution in [2.45, 2.75) is 25.0 Å². The normalized spacial score (nSPS) is 44.8. The van der Waals surface area contributed by atoms with Crippen molar-refractivity contribution in [1.82, 2.24) is 10.2 Å². The van der Waals surface area contributed by atoms with E-state index in [2.05, 4.69) is 17.3 Å². The Hall–Kier alpha value is -0.120. The number of likely N-dealkylation sites (tertiary alicyclic amines) is 1. The fourth-order valence-corrected chi connectivity index (χ4v) is 2.79. The minimum absolute atomic E-state index is 0.0140. The van der Waals surface area contributed by atoms with Gasteiger partial charge in [0.25, 0.3) is 0 Å². The minimum atomic E-state index is 0.0140. The predicted molar refractivity (Wildman–Crippen MR) is 55.0 cm³/mol. The molecule has 0 aromatic carbocycles. The van der Waals surface area contributed by atoms with Crippen molar-refractivity contribution in [2.75, 3.05) is 33.3 Å². The highest BCUT2D eigenvalue weighted by Crippen LogP contribution is 2.39. The van der Waals surface area contributed by atoms with Crippen molar-refractivity contribution < 1.29 is 4.74 Å². The van der Waals surface area contributed by atoms with Crippen LogP contribution in [0.3, 0.4) is 0 Å². The molecule has 2 unspecified atom stereocenters. The summed E-state index contributed by atoms with van der Waals surface area (Å²) >= 11 is 0. The van der Waals surface area contributed by atoms with Gasteiger partial charge in [-0.05, 0) is 31.7 Å². The van der Waals surface area contributed by atoms with Gasteiger partial charge >= 0.3 is 0 Å². The maximum Gasteiger partial charge on any atom is 0.133 e. The second-order valence-electron chi connectivity index (χ2n) is 5.27. The molecule has 3 nitrogen and oxygen atoms in total.